The minimum atomic E-state index is -1.09. The Hall–Kier alpha value is -4.57. The number of aromatic nitrogens is 4. The first-order valence-corrected chi connectivity index (χ1v) is 12.5. The van der Waals surface area contributed by atoms with E-state index in [1.807, 2.05) is 72.8 Å². The average molecular weight is 511 g/mol. The molecule has 4 aromatic rings. The Balaban J connectivity index is 1.52. The van der Waals surface area contributed by atoms with Gasteiger partial charge in [0.05, 0.1) is 12.1 Å². The molecule has 0 unspecified atom stereocenters. The lowest BCUT2D eigenvalue weighted by molar-refractivity contribution is -0.130. The van der Waals surface area contributed by atoms with Crippen molar-refractivity contribution in [1.29, 1.82) is 0 Å². The topological polar surface area (TPSA) is 142 Å². The third-order valence-corrected chi connectivity index (χ3v) is 6.59. The van der Waals surface area contributed by atoms with Gasteiger partial charge in [-0.3, -0.25) is 9.59 Å². The van der Waals surface area contributed by atoms with E-state index < -0.39 is 11.6 Å². The van der Waals surface area contributed by atoms with Crippen LogP contribution in [-0.2, 0) is 22.6 Å². The van der Waals surface area contributed by atoms with E-state index in [0.717, 1.165) is 33.6 Å². The first-order chi connectivity index (χ1) is 18.3. The van der Waals surface area contributed by atoms with Gasteiger partial charge < -0.3 is 21.3 Å². The minimum Gasteiger partial charge on any atom is -0.343 e. The zero-order chi connectivity index (χ0) is 26.7. The number of benzene rings is 3. The number of carbonyl (C=O) groups excluding carboxylic acids is 2. The zero-order valence-corrected chi connectivity index (χ0v) is 21.3. The highest BCUT2D eigenvalue weighted by Crippen LogP contribution is 2.35. The van der Waals surface area contributed by atoms with Crippen molar-refractivity contribution in [2.45, 2.75) is 44.8 Å². The molecule has 0 saturated heterocycles. The molecule has 2 amide bonds. The quantitative estimate of drug-likeness (QED) is 0.299. The molecule has 194 valence electrons. The zero-order valence-electron chi connectivity index (χ0n) is 21.3. The van der Waals surface area contributed by atoms with Crippen LogP contribution in [0.3, 0.4) is 0 Å². The summed E-state index contributed by atoms with van der Waals surface area (Å²) in [6.45, 7) is 3.58. The Morgan fingerprint density at radius 1 is 1.05 bits per heavy atom. The molecule has 1 aliphatic rings. The summed E-state index contributed by atoms with van der Waals surface area (Å²) >= 11 is 0. The van der Waals surface area contributed by atoms with Crippen molar-refractivity contribution < 1.29 is 9.59 Å². The van der Waals surface area contributed by atoms with Gasteiger partial charge >= 0.3 is 0 Å². The van der Waals surface area contributed by atoms with E-state index in [1.165, 1.54) is 0 Å². The van der Waals surface area contributed by atoms with Crippen LogP contribution >= 0.6 is 0 Å². The van der Waals surface area contributed by atoms with Gasteiger partial charge in [0.2, 0.25) is 11.8 Å². The lowest BCUT2D eigenvalue weighted by Gasteiger charge is -2.29. The van der Waals surface area contributed by atoms with Crippen LogP contribution < -0.4 is 21.3 Å². The van der Waals surface area contributed by atoms with Crippen molar-refractivity contribution in [1.82, 2.24) is 25.9 Å². The molecule has 1 atom stereocenters. The van der Waals surface area contributed by atoms with Gasteiger partial charge in [-0.15, -0.1) is 5.10 Å². The Morgan fingerprint density at radius 2 is 1.76 bits per heavy atom. The standard InChI is InChI=1S/C28H30N8O2/c1-28(2,29)26(38)30-23-16-15-18-9-4-8-14-24(18)36(25(23)37)17-19-10-3-5-11-20(19)21-12-6-7-13-22(21)31-27-32-34-35-33-27/h3-14,23H,15-17,29H2,1-2H3,(H,30,38)(H2,31,32,33,34,35)/t23-/m1/s1. The van der Waals surface area contributed by atoms with Crippen LogP contribution in [0.2, 0.25) is 0 Å². The summed E-state index contributed by atoms with van der Waals surface area (Å²) in [5, 5.41) is 20.2. The third kappa shape index (κ3) is 5.25. The van der Waals surface area contributed by atoms with Gasteiger partial charge in [-0.25, -0.2) is 0 Å². The first kappa shape index (κ1) is 25.1. The number of aromatic amines is 1. The number of para-hydroxylation sites is 2. The number of carbonyl (C=O) groups is 2. The molecule has 0 fully saturated rings. The highest BCUT2D eigenvalue weighted by Gasteiger charge is 2.34. The van der Waals surface area contributed by atoms with E-state index in [9.17, 15) is 9.59 Å². The molecule has 2 heterocycles. The fourth-order valence-corrected chi connectivity index (χ4v) is 4.61. The number of nitrogens with one attached hydrogen (secondary N) is 3. The second-order valence-electron chi connectivity index (χ2n) is 9.90. The summed E-state index contributed by atoms with van der Waals surface area (Å²) in [7, 11) is 0. The molecule has 0 radical (unpaired) electrons. The summed E-state index contributed by atoms with van der Waals surface area (Å²) in [6, 6.07) is 23.0. The fraction of sp³-hybridized carbons (Fsp3) is 0.250. The number of rotatable bonds is 7. The molecular weight excluding hydrogens is 480 g/mol. The number of nitrogens with zero attached hydrogens (tertiary/aromatic N) is 4. The fourth-order valence-electron chi connectivity index (χ4n) is 4.61. The maximum atomic E-state index is 13.9. The van der Waals surface area contributed by atoms with Gasteiger partial charge in [-0.1, -0.05) is 65.8 Å². The number of nitrogens with two attached hydrogens (primary N) is 1. The number of anilines is 3. The normalized spacial score (nSPS) is 15.5. The van der Waals surface area contributed by atoms with E-state index in [4.69, 9.17) is 5.73 Å². The largest absolute Gasteiger partial charge is 0.343 e. The molecule has 0 spiro atoms. The first-order valence-electron chi connectivity index (χ1n) is 12.5. The molecule has 0 saturated carbocycles. The van der Waals surface area contributed by atoms with Crippen LogP contribution in [-0.4, -0.2) is 44.0 Å². The number of aryl methyl sites for hydroxylation is 1. The highest BCUT2D eigenvalue weighted by atomic mass is 16.2. The number of hydrogen-bond acceptors (Lipinski definition) is 7. The van der Waals surface area contributed by atoms with Gasteiger partial charge in [-0.2, -0.15) is 5.21 Å². The van der Waals surface area contributed by atoms with Crippen molar-refractivity contribution in [2.75, 3.05) is 10.2 Å². The predicted octanol–water partition coefficient (Wildman–Crippen LogP) is 3.31. The van der Waals surface area contributed by atoms with Gasteiger partial charge in [0.25, 0.3) is 5.95 Å². The van der Waals surface area contributed by atoms with Crippen LogP contribution in [0.25, 0.3) is 11.1 Å². The predicted molar refractivity (Wildman–Crippen MR) is 145 cm³/mol. The number of hydrogen-bond donors (Lipinski definition) is 4. The summed E-state index contributed by atoms with van der Waals surface area (Å²) in [5.41, 5.74) is 10.5. The van der Waals surface area contributed by atoms with Gasteiger partial charge in [0.1, 0.15) is 6.04 Å². The van der Waals surface area contributed by atoms with E-state index in [0.29, 0.717) is 25.3 Å². The molecule has 38 heavy (non-hydrogen) atoms. The number of fused-ring (bicyclic) bond motifs is 1. The molecule has 0 aliphatic carbocycles. The van der Waals surface area contributed by atoms with Crippen molar-refractivity contribution in [2.24, 2.45) is 5.73 Å². The van der Waals surface area contributed by atoms with Crippen LogP contribution in [0.4, 0.5) is 17.3 Å². The molecule has 5 rings (SSSR count). The Labute approximate surface area is 220 Å². The second-order valence-corrected chi connectivity index (χ2v) is 9.90. The third-order valence-electron chi connectivity index (χ3n) is 6.59. The average Bonchev–Trinajstić information content (AvgIpc) is 3.38. The SMILES string of the molecule is CC(C)(N)C(=O)N[C@@H]1CCc2ccccc2N(Cc2ccccc2-c2ccccc2Nc2nn[nH]n2)C1=O. The van der Waals surface area contributed by atoms with Crippen molar-refractivity contribution in [3.63, 3.8) is 0 Å². The summed E-state index contributed by atoms with van der Waals surface area (Å²) in [5.74, 6) is -0.169. The summed E-state index contributed by atoms with van der Waals surface area (Å²) in [6.07, 6.45) is 1.15. The Morgan fingerprint density at radius 3 is 2.53 bits per heavy atom. The number of amides is 2. The van der Waals surface area contributed by atoms with Crippen LogP contribution in [0.5, 0.6) is 0 Å². The lowest BCUT2D eigenvalue weighted by atomic mass is 9.97. The van der Waals surface area contributed by atoms with Crippen LogP contribution in [0, 0.1) is 0 Å². The smallest absolute Gasteiger partial charge is 0.267 e. The van der Waals surface area contributed by atoms with Gasteiger partial charge in [0, 0.05) is 16.9 Å². The molecule has 10 heteroatoms. The molecular formula is C28H30N8O2. The maximum Gasteiger partial charge on any atom is 0.267 e. The lowest BCUT2D eigenvalue weighted by Crippen LogP contribution is -2.56. The van der Waals surface area contributed by atoms with Crippen LogP contribution in [0.1, 0.15) is 31.4 Å². The van der Waals surface area contributed by atoms with E-state index in [1.54, 1.807) is 18.7 Å². The van der Waals surface area contributed by atoms with E-state index >= 15 is 0 Å². The van der Waals surface area contributed by atoms with Gasteiger partial charge in [0.15, 0.2) is 0 Å². The Bertz CT molecular complexity index is 1450. The summed E-state index contributed by atoms with van der Waals surface area (Å²) < 4.78 is 0. The van der Waals surface area contributed by atoms with Crippen molar-refractivity contribution >= 4 is 29.1 Å². The molecule has 1 aliphatic heterocycles. The van der Waals surface area contributed by atoms with Crippen molar-refractivity contribution in [3.05, 3.63) is 83.9 Å². The molecule has 5 N–H and O–H groups in total. The number of H-pyrrole nitrogens is 1. The molecule has 0 bridgehead atoms. The Kier molecular flexibility index (Phi) is 6.89. The van der Waals surface area contributed by atoms with Crippen LogP contribution in [0.15, 0.2) is 72.8 Å². The minimum absolute atomic E-state index is 0.166. The summed E-state index contributed by atoms with van der Waals surface area (Å²) in [4.78, 5) is 28.4. The van der Waals surface area contributed by atoms with Gasteiger partial charge in [-0.05, 0) is 60.7 Å². The van der Waals surface area contributed by atoms with Crippen molar-refractivity contribution in [3.8, 4) is 11.1 Å². The maximum absolute atomic E-state index is 13.9. The molecule has 10 nitrogen and oxygen atoms in total. The highest BCUT2D eigenvalue weighted by molar-refractivity contribution is 6.01. The number of tetrazole rings is 1. The molecule has 3 aromatic carbocycles. The molecule has 1 aromatic heterocycles. The van der Waals surface area contributed by atoms with E-state index in [2.05, 4.69) is 31.3 Å². The van der Waals surface area contributed by atoms with E-state index in [-0.39, 0.29) is 11.8 Å². The second kappa shape index (κ2) is 10.4. The monoisotopic (exact) mass is 510 g/mol.